The van der Waals surface area contributed by atoms with E-state index < -0.39 is 15.0 Å². The van der Waals surface area contributed by atoms with Gasteiger partial charge in [0, 0.05) is 16.7 Å². The summed E-state index contributed by atoms with van der Waals surface area (Å²) in [5.41, 5.74) is 0.211. The number of nitrogens with zero attached hydrogens (tertiary/aromatic N) is 1. The fourth-order valence-corrected chi connectivity index (χ4v) is 3.49. The van der Waals surface area contributed by atoms with Gasteiger partial charge in [-0.2, -0.15) is 5.10 Å². The van der Waals surface area contributed by atoms with Gasteiger partial charge in [-0.15, -0.1) is 0 Å². The Hall–Kier alpha value is -1.08. The molecular formula is C13H22ClN3O3S. The van der Waals surface area contributed by atoms with E-state index in [1.165, 1.54) is 0 Å². The van der Waals surface area contributed by atoms with Crippen molar-refractivity contribution < 1.29 is 13.2 Å². The van der Waals surface area contributed by atoms with E-state index in [9.17, 15) is 13.2 Å². The molecule has 6 nitrogen and oxygen atoms in total. The molecule has 1 unspecified atom stereocenters. The highest BCUT2D eigenvalue weighted by Gasteiger charge is 2.29. The lowest BCUT2D eigenvalue weighted by Gasteiger charge is -2.20. The van der Waals surface area contributed by atoms with Crippen LogP contribution in [0.25, 0.3) is 0 Å². The molecule has 8 heteroatoms. The Kier molecular flexibility index (Phi) is 6.22. The first-order chi connectivity index (χ1) is 9.72. The molecular weight excluding hydrogens is 314 g/mol. The minimum atomic E-state index is -4.03. The van der Waals surface area contributed by atoms with Crippen LogP contribution in [0.15, 0.2) is 4.90 Å². The van der Waals surface area contributed by atoms with Crippen molar-refractivity contribution in [1.29, 1.82) is 0 Å². The standard InChI is InChI=1S/C13H22ClN3O3S/c1-5-7-10-12(21(14,19)20)11(17-16-10)13(18)15-9(6-2)8(3)4/h8-9H,5-7H2,1-4H3,(H,15,18)(H,16,17). The molecule has 1 amide bonds. The van der Waals surface area contributed by atoms with Gasteiger partial charge in [0.25, 0.3) is 15.0 Å². The van der Waals surface area contributed by atoms with Crippen LogP contribution in [-0.4, -0.2) is 30.6 Å². The first-order valence-corrected chi connectivity index (χ1v) is 9.36. The van der Waals surface area contributed by atoms with Crippen molar-refractivity contribution in [3.05, 3.63) is 11.4 Å². The Bertz CT molecular complexity index is 596. The van der Waals surface area contributed by atoms with Gasteiger partial charge in [0.2, 0.25) is 0 Å². The first kappa shape index (κ1) is 18.0. The number of halogens is 1. The predicted molar refractivity (Wildman–Crippen MR) is 82.0 cm³/mol. The molecule has 0 fully saturated rings. The van der Waals surface area contributed by atoms with Gasteiger partial charge < -0.3 is 5.32 Å². The molecule has 1 rings (SSSR count). The van der Waals surface area contributed by atoms with Crippen LogP contribution >= 0.6 is 10.7 Å². The Morgan fingerprint density at radius 3 is 2.43 bits per heavy atom. The van der Waals surface area contributed by atoms with E-state index in [2.05, 4.69) is 15.5 Å². The number of aromatic nitrogens is 2. The smallest absolute Gasteiger partial charge is 0.273 e. The molecule has 1 aromatic heterocycles. The van der Waals surface area contributed by atoms with Crippen molar-refractivity contribution in [3.8, 4) is 0 Å². The highest BCUT2D eigenvalue weighted by molar-refractivity contribution is 8.13. The van der Waals surface area contributed by atoms with Gasteiger partial charge in [0.05, 0.1) is 5.69 Å². The lowest BCUT2D eigenvalue weighted by molar-refractivity contribution is 0.0916. The second kappa shape index (κ2) is 7.26. The van der Waals surface area contributed by atoms with E-state index in [0.717, 1.165) is 6.42 Å². The molecule has 0 spiro atoms. The van der Waals surface area contributed by atoms with Crippen LogP contribution in [0.3, 0.4) is 0 Å². The normalized spacial score (nSPS) is 13.4. The van der Waals surface area contributed by atoms with Gasteiger partial charge in [-0.05, 0) is 18.8 Å². The van der Waals surface area contributed by atoms with Crippen molar-refractivity contribution in [2.75, 3.05) is 0 Å². The second-order valence-electron chi connectivity index (χ2n) is 5.30. The van der Waals surface area contributed by atoms with E-state index >= 15 is 0 Å². The minimum Gasteiger partial charge on any atom is -0.348 e. The van der Waals surface area contributed by atoms with Gasteiger partial charge in [-0.1, -0.05) is 34.1 Å². The van der Waals surface area contributed by atoms with Gasteiger partial charge >= 0.3 is 0 Å². The van der Waals surface area contributed by atoms with Crippen molar-refractivity contribution in [2.24, 2.45) is 5.92 Å². The third-order valence-electron chi connectivity index (χ3n) is 3.31. The third kappa shape index (κ3) is 4.44. The number of carbonyl (C=O) groups excluding carboxylic acids is 1. The maximum absolute atomic E-state index is 12.3. The van der Waals surface area contributed by atoms with Gasteiger partial charge in [-0.3, -0.25) is 9.89 Å². The molecule has 120 valence electrons. The predicted octanol–water partition coefficient (Wildman–Crippen LogP) is 2.45. The molecule has 0 bridgehead atoms. The van der Waals surface area contributed by atoms with E-state index in [4.69, 9.17) is 10.7 Å². The van der Waals surface area contributed by atoms with E-state index in [1.54, 1.807) is 0 Å². The van der Waals surface area contributed by atoms with Crippen molar-refractivity contribution >= 4 is 25.6 Å². The maximum atomic E-state index is 12.3. The molecule has 0 aliphatic carbocycles. The molecule has 1 atom stereocenters. The summed E-state index contributed by atoms with van der Waals surface area (Å²) in [6, 6.07) is -0.0466. The van der Waals surface area contributed by atoms with Crippen LogP contribution in [0.4, 0.5) is 0 Å². The molecule has 0 aliphatic rings. The fraction of sp³-hybridized carbons (Fsp3) is 0.692. The number of nitrogens with one attached hydrogen (secondary N) is 2. The summed E-state index contributed by atoms with van der Waals surface area (Å²) in [6.45, 7) is 7.83. The summed E-state index contributed by atoms with van der Waals surface area (Å²) in [7, 11) is 1.42. The molecule has 21 heavy (non-hydrogen) atoms. The Balaban J connectivity index is 3.16. The summed E-state index contributed by atoms with van der Waals surface area (Å²) < 4.78 is 23.5. The fourth-order valence-electron chi connectivity index (χ4n) is 2.18. The number of aromatic amines is 1. The molecule has 0 saturated carbocycles. The summed E-state index contributed by atoms with van der Waals surface area (Å²) in [6.07, 6.45) is 1.92. The Labute approximate surface area is 130 Å². The monoisotopic (exact) mass is 335 g/mol. The number of hydrogen-bond acceptors (Lipinski definition) is 4. The number of aryl methyl sites for hydroxylation is 1. The summed E-state index contributed by atoms with van der Waals surface area (Å²) in [4.78, 5) is 12.1. The van der Waals surface area contributed by atoms with Crippen LogP contribution in [-0.2, 0) is 15.5 Å². The molecule has 0 radical (unpaired) electrons. The number of hydrogen-bond donors (Lipinski definition) is 2. The molecule has 1 heterocycles. The van der Waals surface area contributed by atoms with Crippen LogP contribution in [0.5, 0.6) is 0 Å². The Morgan fingerprint density at radius 1 is 1.38 bits per heavy atom. The first-order valence-electron chi connectivity index (χ1n) is 7.05. The van der Waals surface area contributed by atoms with Crippen LogP contribution in [0.1, 0.15) is 56.7 Å². The Morgan fingerprint density at radius 2 is 2.00 bits per heavy atom. The quantitative estimate of drug-likeness (QED) is 0.749. The SMILES string of the molecule is CCCc1[nH]nc(C(=O)NC(CC)C(C)C)c1S(=O)(=O)Cl. The van der Waals surface area contributed by atoms with Crippen molar-refractivity contribution in [1.82, 2.24) is 15.5 Å². The van der Waals surface area contributed by atoms with E-state index in [-0.39, 0.29) is 22.5 Å². The lowest BCUT2D eigenvalue weighted by Crippen LogP contribution is -2.38. The summed E-state index contributed by atoms with van der Waals surface area (Å²) in [5.74, 6) is -0.280. The number of rotatable bonds is 7. The van der Waals surface area contributed by atoms with Crippen molar-refractivity contribution in [3.63, 3.8) is 0 Å². The highest BCUT2D eigenvalue weighted by Crippen LogP contribution is 2.24. The average molecular weight is 336 g/mol. The van der Waals surface area contributed by atoms with E-state index in [1.807, 2.05) is 27.7 Å². The maximum Gasteiger partial charge on any atom is 0.273 e. The lowest BCUT2D eigenvalue weighted by atomic mass is 10.0. The third-order valence-corrected chi connectivity index (χ3v) is 4.70. The van der Waals surface area contributed by atoms with Gasteiger partial charge in [-0.25, -0.2) is 8.42 Å². The molecule has 0 aromatic carbocycles. The largest absolute Gasteiger partial charge is 0.348 e. The summed E-state index contributed by atoms with van der Waals surface area (Å²) >= 11 is 0. The van der Waals surface area contributed by atoms with Crippen LogP contribution in [0.2, 0.25) is 0 Å². The zero-order chi connectivity index (χ0) is 16.2. The van der Waals surface area contributed by atoms with Crippen LogP contribution in [0, 0.1) is 5.92 Å². The molecule has 1 aromatic rings. The number of amides is 1. The van der Waals surface area contributed by atoms with Gasteiger partial charge in [0.15, 0.2) is 5.69 Å². The summed E-state index contributed by atoms with van der Waals surface area (Å²) in [5, 5.41) is 9.26. The zero-order valence-corrected chi connectivity index (χ0v) is 14.3. The van der Waals surface area contributed by atoms with E-state index in [0.29, 0.717) is 18.5 Å². The minimum absolute atomic E-state index is 0.0466. The zero-order valence-electron chi connectivity index (χ0n) is 12.7. The topological polar surface area (TPSA) is 91.9 Å². The number of carbonyl (C=O) groups is 1. The molecule has 2 N–H and O–H groups in total. The number of H-pyrrole nitrogens is 1. The highest BCUT2D eigenvalue weighted by atomic mass is 35.7. The van der Waals surface area contributed by atoms with Crippen LogP contribution < -0.4 is 5.32 Å². The molecule has 0 saturated heterocycles. The van der Waals surface area contributed by atoms with Gasteiger partial charge in [0.1, 0.15) is 4.90 Å². The average Bonchev–Trinajstić information content (AvgIpc) is 2.79. The second-order valence-corrected chi connectivity index (χ2v) is 7.80. The van der Waals surface area contributed by atoms with Crippen molar-refractivity contribution in [2.45, 2.75) is 57.9 Å². The molecule has 0 aliphatic heterocycles.